The van der Waals surface area contributed by atoms with Crippen molar-refractivity contribution in [3.8, 4) is 5.69 Å². The zero-order valence-electron chi connectivity index (χ0n) is 24.0. The summed E-state index contributed by atoms with van der Waals surface area (Å²) in [7, 11) is -2.32. The molecule has 40 heavy (non-hydrogen) atoms. The van der Waals surface area contributed by atoms with Gasteiger partial charge in [-0.1, -0.05) is 45.0 Å². The fraction of sp³-hybridized carbons (Fsp3) is 0.375. The van der Waals surface area contributed by atoms with E-state index >= 15 is 0 Å². The third-order valence-electron chi connectivity index (χ3n) is 7.95. The number of hydrogen-bond donors (Lipinski definition) is 0. The van der Waals surface area contributed by atoms with Gasteiger partial charge in [-0.3, -0.25) is 9.36 Å². The zero-order chi connectivity index (χ0) is 28.7. The van der Waals surface area contributed by atoms with Gasteiger partial charge < -0.3 is 4.90 Å². The van der Waals surface area contributed by atoms with E-state index in [1.807, 2.05) is 48.5 Å². The number of fused-ring (bicyclic) bond motifs is 1. The Balaban J connectivity index is 1.57. The third kappa shape index (κ3) is 5.30. The molecule has 8 heteroatoms. The molecule has 2 heterocycles. The van der Waals surface area contributed by atoms with Crippen molar-refractivity contribution < 1.29 is 8.42 Å². The topological polar surface area (TPSA) is 75.5 Å². The summed E-state index contributed by atoms with van der Waals surface area (Å²) in [6.45, 7) is 10.1. The standard InChI is InChI=1S/C32H38N4O3S/c1-23(34(5)40(38,39)27-19-13-24(14-20-27)32(2,3)4)30-33-29-12-8-7-11-28(29)31(37)36(30)26-17-15-25(16-18-26)35-21-9-6-10-22-35/h7-8,11-20,23H,6,9-10,21-22H2,1-5H3. The lowest BCUT2D eigenvalue weighted by atomic mass is 9.87. The van der Waals surface area contributed by atoms with E-state index in [-0.39, 0.29) is 15.9 Å². The minimum Gasteiger partial charge on any atom is -0.372 e. The normalized spacial score (nSPS) is 15.5. The number of para-hydroxylation sites is 1. The van der Waals surface area contributed by atoms with Gasteiger partial charge in [0, 0.05) is 25.8 Å². The molecule has 1 atom stereocenters. The molecule has 0 radical (unpaired) electrons. The SMILES string of the molecule is CC(c1nc2ccccc2c(=O)n1-c1ccc(N2CCCCC2)cc1)N(C)S(=O)(=O)c1ccc(C(C)(C)C)cc1. The molecule has 0 saturated carbocycles. The molecule has 1 aliphatic rings. The van der Waals surface area contributed by atoms with Gasteiger partial charge in [-0.25, -0.2) is 13.4 Å². The molecule has 0 N–H and O–H groups in total. The Morgan fingerprint density at radius 1 is 0.850 bits per heavy atom. The monoisotopic (exact) mass is 558 g/mol. The summed E-state index contributed by atoms with van der Waals surface area (Å²) in [5, 5.41) is 0.488. The molecule has 1 fully saturated rings. The van der Waals surface area contributed by atoms with Crippen LogP contribution in [0, 0.1) is 0 Å². The highest BCUT2D eigenvalue weighted by Gasteiger charge is 2.30. The van der Waals surface area contributed by atoms with E-state index in [4.69, 9.17) is 4.98 Å². The Morgan fingerprint density at radius 2 is 1.45 bits per heavy atom. The second-order valence-corrected chi connectivity index (χ2v) is 13.7. The van der Waals surface area contributed by atoms with E-state index in [9.17, 15) is 13.2 Å². The molecule has 210 valence electrons. The van der Waals surface area contributed by atoms with Crippen LogP contribution in [0.5, 0.6) is 0 Å². The molecule has 0 amide bonds. The maximum atomic E-state index is 13.9. The molecular weight excluding hydrogens is 520 g/mol. The Morgan fingerprint density at radius 3 is 2.08 bits per heavy atom. The minimum atomic E-state index is -3.86. The van der Waals surface area contributed by atoms with Crippen LogP contribution in [0.1, 0.15) is 64.4 Å². The predicted octanol–water partition coefficient (Wildman–Crippen LogP) is 6.06. The molecule has 0 aliphatic carbocycles. The fourth-order valence-electron chi connectivity index (χ4n) is 5.31. The number of aromatic nitrogens is 2. The van der Waals surface area contributed by atoms with Crippen molar-refractivity contribution in [2.24, 2.45) is 0 Å². The molecule has 5 rings (SSSR count). The number of piperidine rings is 1. The summed E-state index contributed by atoms with van der Waals surface area (Å²) in [4.78, 5) is 21.3. The van der Waals surface area contributed by atoms with E-state index in [0.717, 1.165) is 24.3 Å². The van der Waals surface area contributed by atoms with Crippen LogP contribution in [0.2, 0.25) is 0 Å². The van der Waals surface area contributed by atoms with Crippen LogP contribution < -0.4 is 10.5 Å². The summed E-state index contributed by atoms with van der Waals surface area (Å²) in [6.07, 6.45) is 3.61. The third-order valence-corrected chi connectivity index (χ3v) is 9.89. The molecule has 0 spiro atoms. The second kappa shape index (κ2) is 10.8. The number of anilines is 1. The van der Waals surface area contributed by atoms with Crippen molar-refractivity contribution in [1.29, 1.82) is 0 Å². The van der Waals surface area contributed by atoms with Crippen molar-refractivity contribution in [3.05, 3.63) is 94.5 Å². The maximum absolute atomic E-state index is 13.9. The van der Waals surface area contributed by atoms with E-state index in [0.29, 0.717) is 22.4 Å². The molecule has 7 nitrogen and oxygen atoms in total. The molecule has 0 bridgehead atoms. The number of sulfonamides is 1. The van der Waals surface area contributed by atoms with E-state index < -0.39 is 16.1 Å². The smallest absolute Gasteiger partial charge is 0.266 e. The lowest BCUT2D eigenvalue weighted by Gasteiger charge is -2.29. The van der Waals surface area contributed by atoms with E-state index in [1.54, 1.807) is 42.8 Å². The number of benzene rings is 3. The van der Waals surface area contributed by atoms with Crippen molar-refractivity contribution >= 4 is 26.6 Å². The van der Waals surface area contributed by atoms with Gasteiger partial charge in [-0.05, 0) is 85.7 Å². The maximum Gasteiger partial charge on any atom is 0.266 e. The number of hydrogen-bond acceptors (Lipinski definition) is 5. The summed E-state index contributed by atoms with van der Waals surface area (Å²) in [6, 6.07) is 21.4. The van der Waals surface area contributed by atoms with Gasteiger partial charge in [0.2, 0.25) is 10.0 Å². The van der Waals surface area contributed by atoms with Crippen molar-refractivity contribution in [2.45, 2.75) is 63.3 Å². The highest BCUT2D eigenvalue weighted by atomic mass is 32.2. The van der Waals surface area contributed by atoms with Crippen molar-refractivity contribution in [3.63, 3.8) is 0 Å². The summed E-state index contributed by atoms with van der Waals surface area (Å²) < 4.78 is 30.3. The van der Waals surface area contributed by atoms with Crippen LogP contribution >= 0.6 is 0 Å². The van der Waals surface area contributed by atoms with Crippen LogP contribution in [0.15, 0.2) is 82.5 Å². The zero-order valence-corrected chi connectivity index (χ0v) is 24.8. The first-order valence-corrected chi connectivity index (χ1v) is 15.4. The fourth-order valence-corrected chi connectivity index (χ4v) is 6.63. The van der Waals surface area contributed by atoms with Crippen LogP contribution in [0.3, 0.4) is 0 Å². The number of rotatable bonds is 6. The molecule has 3 aromatic carbocycles. The van der Waals surface area contributed by atoms with Gasteiger partial charge in [-0.2, -0.15) is 4.31 Å². The Kier molecular flexibility index (Phi) is 7.59. The van der Waals surface area contributed by atoms with Crippen molar-refractivity contribution in [1.82, 2.24) is 13.9 Å². The summed E-state index contributed by atoms with van der Waals surface area (Å²) in [5.74, 6) is 0.367. The van der Waals surface area contributed by atoms with Gasteiger partial charge in [0.05, 0.1) is 27.5 Å². The minimum absolute atomic E-state index is 0.0872. The van der Waals surface area contributed by atoms with E-state index in [2.05, 4.69) is 25.7 Å². The van der Waals surface area contributed by atoms with Crippen LogP contribution in [0.4, 0.5) is 5.69 Å². The molecule has 1 unspecified atom stereocenters. The largest absolute Gasteiger partial charge is 0.372 e. The van der Waals surface area contributed by atoms with Gasteiger partial charge >= 0.3 is 0 Å². The average molecular weight is 559 g/mol. The number of nitrogens with zero attached hydrogens (tertiary/aromatic N) is 4. The Hall–Kier alpha value is -3.49. The van der Waals surface area contributed by atoms with Crippen LogP contribution in [0.25, 0.3) is 16.6 Å². The molecule has 1 aromatic heterocycles. The first-order valence-electron chi connectivity index (χ1n) is 13.9. The Labute approximate surface area is 237 Å². The highest BCUT2D eigenvalue weighted by Crippen LogP contribution is 2.30. The molecule has 4 aromatic rings. The first kappa shape index (κ1) is 28.1. The molecule has 1 saturated heterocycles. The van der Waals surface area contributed by atoms with Gasteiger partial charge in [0.1, 0.15) is 5.82 Å². The predicted molar refractivity (Wildman–Crippen MR) is 162 cm³/mol. The van der Waals surface area contributed by atoms with Crippen molar-refractivity contribution in [2.75, 3.05) is 25.0 Å². The highest BCUT2D eigenvalue weighted by molar-refractivity contribution is 7.89. The molecule has 1 aliphatic heterocycles. The van der Waals surface area contributed by atoms with Gasteiger partial charge in [-0.15, -0.1) is 0 Å². The summed E-state index contributed by atoms with van der Waals surface area (Å²) in [5.41, 5.74) is 3.06. The van der Waals surface area contributed by atoms with E-state index in [1.165, 1.54) is 23.6 Å². The Bertz CT molecular complexity index is 1670. The average Bonchev–Trinajstić information content (AvgIpc) is 2.96. The van der Waals surface area contributed by atoms with Gasteiger partial charge in [0.15, 0.2) is 0 Å². The lowest BCUT2D eigenvalue weighted by molar-refractivity contribution is 0.379. The quantitative estimate of drug-likeness (QED) is 0.288. The van der Waals surface area contributed by atoms with Crippen LogP contribution in [-0.4, -0.2) is 42.4 Å². The van der Waals surface area contributed by atoms with Crippen LogP contribution in [-0.2, 0) is 15.4 Å². The summed E-state index contributed by atoms with van der Waals surface area (Å²) >= 11 is 0. The first-order chi connectivity index (χ1) is 19.0. The van der Waals surface area contributed by atoms with Gasteiger partial charge in [0.25, 0.3) is 5.56 Å². The molecular formula is C32H38N4O3S. The second-order valence-electron chi connectivity index (χ2n) is 11.7. The lowest BCUT2D eigenvalue weighted by Crippen LogP contribution is -2.35.